The molecule has 134 valence electrons. The lowest BCUT2D eigenvalue weighted by molar-refractivity contribution is 0.0941. The van der Waals surface area contributed by atoms with Crippen LogP contribution >= 0.6 is 0 Å². The molecule has 1 aliphatic heterocycles. The van der Waals surface area contributed by atoms with Crippen molar-refractivity contribution in [2.45, 2.75) is 13.0 Å². The van der Waals surface area contributed by atoms with Crippen LogP contribution in [0.4, 0.5) is 5.69 Å². The molecule has 1 unspecified atom stereocenters. The number of morpholine rings is 1. The van der Waals surface area contributed by atoms with E-state index in [1.807, 2.05) is 25.1 Å². The number of para-hydroxylation sites is 1. The highest BCUT2D eigenvalue weighted by Crippen LogP contribution is 2.21. The molecule has 2 N–H and O–H groups in total. The van der Waals surface area contributed by atoms with E-state index in [4.69, 9.17) is 4.74 Å². The Morgan fingerprint density at radius 2 is 1.96 bits per heavy atom. The van der Waals surface area contributed by atoms with Crippen LogP contribution in [0.2, 0.25) is 0 Å². The van der Waals surface area contributed by atoms with Gasteiger partial charge in [0.05, 0.1) is 36.5 Å². The molecule has 0 saturated carbocycles. The normalized spacial score (nSPS) is 15.8. The average Bonchev–Trinajstić information content (AvgIpc) is 3.17. The molecule has 3 aromatic rings. The maximum absolute atomic E-state index is 12.7. The Hall–Kier alpha value is -2.86. The van der Waals surface area contributed by atoms with Crippen LogP contribution in [0.1, 0.15) is 28.9 Å². The maximum Gasteiger partial charge on any atom is 0.253 e. The lowest BCUT2D eigenvalue weighted by Crippen LogP contribution is -2.36. The highest BCUT2D eigenvalue weighted by molar-refractivity contribution is 6.05. The smallest absolute Gasteiger partial charge is 0.253 e. The Kier molecular flexibility index (Phi) is 4.58. The Bertz CT molecular complexity index is 898. The van der Waals surface area contributed by atoms with Crippen molar-refractivity contribution in [2.75, 3.05) is 31.2 Å². The number of fused-ring (bicyclic) bond motifs is 1. The topological polar surface area (TPSA) is 70.2 Å². The molecule has 0 spiro atoms. The molecular weight excluding hydrogens is 328 g/mol. The molecule has 1 fully saturated rings. The first-order chi connectivity index (χ1) is 12.7. The van der Waals surface area contributed by atoms with E-state index in [2.05, 4.69) is 44.7 Å². The standard InChI is InChI=1S/C20H22N4O2/c1-14(15-5-7-17(8-6-15)24-9-11-26-12-10-24)22-20(25)18-4-2-3-16-13-21-23-19(16)18/h2-8,13-14H,9-12H2,1H3,(H,21,23)(H,22,25). The van der Waals surface area contributed by atoms with E-state index in [1.165, 1.54) is 5.69 Å². The summed E-state index contributed by atoms with van der Waals surface area (Å²) in [5, 5.41) is 10.9. The molecule has 1 aliphatic rings. The van der Waals surface area contributed by atoms with Gasteiger partial charge in [0.2, 0.25) is 0 Å². The van der Waals surface area contributed by atoms with Crippen molar-refractivity contribution in [1.29, 1.82) is 0 Å². The Balaban J connectivity index is 1.46. The molecule has 0 radical (unpaired) electrons. The zero-order valence-corrected chi connectivity index (χ0v) is 14.7. The molecule has 4 rings (SSSR count). The van der Waals surface area contributed by atoms with Crippen LogP contribution in [0, 0.1) is 0 Å². The van der Waals surface area contributed by atoms with Gasteiger partial charge in [-0.15, -0.1) is 0 Å². The fraction of sp³-hybridized carbons (Fsp3) is 0.300. The van der Waals surface area contributed by atoms with Crippen molar-refractivity contribution < 1.29 is 9.53 Å². The van der Waals surface area contributed by atoms with Crippen LogP contribution in [0.5, 0.6) is 0 Å². The number of carbonyl (C=O) groups is 1. The van der Waals surface area contributed by atoms with Crippen LogP contribution in [0.25, 0.3) is 10.9 Å². The zero-order valence-electron chi connectivity index (χ0n) is 14.7. The number of nitrogens with zero attached hydrogens (tertiary/aromatic N) is 2. The number of aromatic nitrogens is 2. The van der Waals surface area contributed by atoms with E-state index in [-0.39, 0.29) is 11.9 Å². The third-order valence-corrected chi connectivity index (χ3v) is 4.84. The average molecular weight is 350 g/mol. The van der Waals surface area contributed by atoms with Gasteiger partial charge in [0.1, 0.15) is 0 Å². The van der Waals surface area contributed by atoms with Gasteiger partial charge in [-0.1, -0.05) is 24.3 Å². The first kappa shape index (κ1) is 16.6. The summed E-state index contributed by atoms with van der Waals surface area (Å²) in [5.41, 5.74) is 3.64. The van der Waals surface area contributed by atoms with Crippen molar-refractivity contribution in [1.82, 2.24) is 15.5 Å². The number of nitrogens with one attached hydrogen (secondary N) is 2. The molecule has 0 bridgehead atoms. The third-order valence-electron chi connectivity index (χ3n) is 4.84. The summed E-state index contributed by atoms with van der Waals surface area (Å²) >= 11 is 0. The summed E-state index contributed by atoms with van der Waals surface area (Å²) in [6.45, 7) is 5.37. The van der Waals surface area contributed by atoms with E-state index in [9.17, 15) is 4.79 Å². The van der Waals surface area contributed by atoms with Gasteiger partial charge in [0.15, 0.2) is 0 Å². The number of carbonyl (C=O) groups excluding carboxylic acids is 1. The minimum Gasteiger partial charge on any atom is -0.378 e. The van der Waals surface area contributed by atoms with Crippen molar-refractivity contribution >= 4 is 22.5 Å². The zero-order chi connectivity index (χ0) is 17.9. The number of amides is 1. The molecule has 1 atom stereocenters. The van der Waals surface area contributed by atoms with Crippen LogP contribution in [0.3, 0.4) is 0 Å². The molecule has 26 heavy (non-hydrogen) atoms. The summed E-state index contributed by atoms with van der Waals surface area (Å²) in [5.74, 6) is -0.107. The predicted molar refractivity (Wildman–Crippen MR) is 101 cm³/mol. The first-order valence-electron chi connectivity index (χ1n) is 8.88. The number of hydrogen-bond acceptors (Lipinski definition) is 4. The quantitative estimate of drug-likeness (QED) is 0.759. The van der Waals surface area contributed by atoms with Gasteiger partial charge in [-0.05, 0) is 30.7 Å². The van der Waals surface area contributed by atoms with E-state index < -0.39 is 0 Å². The first-order valence-corrected chi connectivity index (χ1v) is 8.88. The molecule has 0 aliphatic carbocycles. The number of hydrogen-bond donors (Lipinski definition) is 2. The Labute approximate surface area is 152 Å². The van der Waals surface area contributed by atoms with Gasteiger partial charge in [-0.2, -0.15) is 5.10 Å². The fourth-order valence-electron chi connectivity index (χ4n) is 3.31. The number of benzene rings is 2. The van der Waals surface area contributed by atoms with Crippen LogP contribution < -0.4 is 10.2 Å². The second kappa shape index (κ2) is 7.17. The van der Waals surface area contributed by atoms with Crippen molar-refractivity contribution in [3.8, 4) is 0 Å². The van der Waals surface area contributed by atoms with E-state index in [0.29, 0.717) is 5.56 Å². The predicted octanol–water partition coefficient (Wildman–Crippen LogP) is 2.89. The molecule has 1 saturated heterocycles. The highest BCUT2D eigenvalue weighted by Gasteiger charge is 2.16. The number of ether oxygens (including phenoxy) is 1. The van der Waals surface area contributed by atoms with Gasteiger partial charge >= 0.3 is 0 Å². The molecule has 6 heteroatoms. The maximum atomic E-state index is 12.7. The minimum absolute atomic E-state index is 0.0839. The molecule has 2 aromatic carbocycles. The van der Waals surface area contributed by atoms with E-state index in [1.54, 1.807) is 6.20 Å². The van der Waals surface area contributed by atoms with Crippen LogP contribution in [-0.4, -0.2) is 42.4 Å². The lowest BCUT2D eigenvalue weighted by Gasteiger charge is -2.29. The molecular formula is C20H22N4O2. The summed E-state index contributed by atoms with van der Waals surface area (Å²) in [6, 6.07) is 13.9. The second-order valence-electron chi connectivity index (χ2n) is 6.53. The van der Waals surface area contributed by atoms with Gasteiger partial charge in [0.25, 0.3) is 5.91 Å². The monoisotopic (exact) mass is 350 g/mol. The molecule has 1 aromatic heterocycles. The summed E-state index contributed by atoms with van der Waals surface area (Å²) < 4.78 is 5.40. The van der Waals surface area contributed by atoms with Gasteiger partial charge in [-0.25, -0.2) is 0 Å². The molecule has 6 nitrogen and oxygen atoms in total. The van der Waals surface area contributed by atoms with E-state index in [0.717, 1.165) is 42.8 Å². The summed E-state index contributed by atoms with van der Waals surface area (Å²) in [7, 11) is 0. The van der Waals surface area contributed by atoms with Crippen LogP contribution in [-0.2, 0) is 4.74 Å². The number of anilines is 1. The highest BCUT2D eigenvalue weighted by atomic mass is 16.5. The summed E-state index contributed by atoms with van der Waals surface area (Å²) in [4.78, 5) is 15.0. The van der Waals surface area contributed by atoms with Crippen molar-refractivity contribution in [3.63, 3.8) is 0 Å². The molecule has 1 amide bonds. The fourth-order valence-corrected chi connectivity index (χ4v) is 3.31. The number of aromatic amines is 1. The third kappa shape index (κ3) is 3.28. The SMILES string of the molecule is CC(NC(=O)c1cccc2cn[nH]c12)c1ccc(N2CCOCC2)cc1. The van der Waals surface area contributed by atoms with Crippen LogP contribution in [0.15, 0.2) is 48.7 Å². The lowest BCUT2D eigenvalue weighted by atomic mass is 10.1. The van der Waals surface area contributed by atoms with Gasteiger partial charge in [-0.3, -0.25) is 9.89 Å². The molecule has 2 heterocycles. The Morgan fingerprint density at radius 1 is 1.19 bits per heavy atom. The van der Waals surface area contributed by atoms with Crippen molar-refractivity contribution in [2.24, 2.45) is 0 Å². The minimum atomic E-state index is -0.107. The summed E-state index contributed by atoms with van der Waals surface area (Å²) in [6.07, 6.45) is 1.72. The largest absolute Gasteiger partial charge is 0.378 e. The number of H-pyrrole nitrogens is 1. The number of rotatable bonds is 4. The van der Waals surface area contributed by atoms with Gasteiger partial charge < -0.3 is 15.0 Å². The Morgan fingerprint density at radius 3 is 2.73 bits per heavy atom. The van der Waals surface area contributed by atoms with Crippen molar-refractivity contribution in [3.05, 3.63) is 59.8 Å². The second-order valence-corrected chi connectivity index (χ2v) is 6.53. The van der Waals surface area contributed by atoms with E-state index >= 15 is 0 Å². The van der Waals surface area contributed by atoms with Gasteiger partial charge in [0, 0.05) is 24.2 Å².